The van der Waals surface area contributed by atoms with Gasteiger partial charge < -0.3 is 5.32 Å². The molecule has 1 N–H and O–H groups in total. The number of allylic oxidation sites excluding steroid dienone is 3. The van der Waals surface area contributed by atoms with Gasteiger partial charge in [-0.05, 0) is 91.6 Å². The number of halogens is 4. The minimum atomic E-state index is -4.48. The highest BCUT2D eigenvalue weighted by Gasteiger charge is 2.56. The fourth-order valence-electron chi connectivity index (χ4n) is 6.98. The molecule has 0 radical (unpaired) electrons. The van der Waals surface area contributed by atoms with Crippen molar-refractivity contribution < 1.29 is 22.4 Å². The number of fused-ring (bicyclic) bond motifs is 4. The summed E-state index contributed by atoms with van der Waals surface area (Å²) in [6.07, 6.45) is 3.41. The SMILES string of the molecule is CCc1ccc(NC(=O)[C@@H]2C3CCC4=Cc5c(cnn5-c5ccc(F)cc5)C[C@]4(C)C3=CC[C@H]2C(F)(F)F)cc1. The van der Waals surface area contributed by atoms with Gasteiger partial charge in [0.2, 0.25) is 5.91 Å². The van der Waals surface area contributed by atoms with Crippen molar-refractivity contribution in [2.75, 3.05) is 5.32 Å². The normalized spacial score (nSPS) is 25.7. The number of nitrogens with one attached hydrogen (secondary N) is 1. The Morgan fingerprint density at radius 3 is 2.52 bits per heavy atom. The number of rotatable bonds is 4. The van der Waals surface area contributed by atoms with Crippen molar-refractivity contribution in [1.82, 2.24) is 9.78 Å². The van der Waals surface area contributed by atoms with Crippen molar-refractivity contribution in [3.63, 3.8) is 0 Å². The molecule has 0 saturated heterocycles. The summed E-state index contributed by atoms with van der Waals surface area (Å²) in [6, 6.07) is 13.4. The monoisotopic (exact) mass is 549 g/mol. The Morgan fingerprint density at radius 2 is 1.85 bits per heavy atom. The van der Waals surface area contributed by atoms with Gasteiger partial charge in [0.15, 0.2) is 0 Å². The first-order valence-electron chi connectivity index (χ1n) is 13.8. The summed E-state index contributed by atoms with van der Waals surface area (Å²) in [5.41, 5.74) is 5.79. The van der Waals surface area contributed by atoms with E-state index < -0.39 is 35.3 Å². The summed E-state index contributed by atoms with van der Waals surface area (Å²) in [5, 5.41) is 7.36. The first-order valence-corrected chi connectivity index (χ1v) is 13.8. The number of aromatic nitrogens is 2. The number of carbonyl (C=O) groups is 1. The zero-order chi connectivity index (χ0) is 28.2. The lowest BCUT2D eigenvalue weighted by Crippen LogP contribution is -2.49. The molecule has 3 aromatic rings. The van der Waals surface area contributed by atoms with Gasteiger partial charge in [0.05, 0.1) is 29.4 Å². The molecule has 2 aromatic carbocycles. The second-order valence-corrected chi connectivity index (χ2v) is 11.4. The third kappa shape index (κ3) is 4.47. The van der Waals surface area contributed by atoms with Crippen LogP contribution in [0, 0.1) is 29.0 Å². The molecule has 0 spiro atoms. The van der Waals surface area contributed by atoms with Crippen LogP contribution in [0.15, 0.2) is 72.0 Å². The molecular formula is C32H31F4N3O. The maximum Gasteiger partial charge on any atom is 0.392 e. The highest BCUT2D eigenvalue weighted by Crippen LogP contribution is 2.59. The van der Waals surface area contributed by atoms with Gasteiger partial charge in [-0.25, -0.2) is 9.07 Å². The van der Waals surface area contributed by atoms with Gasteiger partial charge in [-0.1, -0.05) is 43.2 Å². The molecule has 1 aromatic heterocycles. The summed E-state index contributed by atoms with van der Waals surface area (Å²) in [4.78, 5) is 13.6. The van der Waals surface area contributed by atoms with E-state index in [0.29, 0.717) is 24.9 Å². The van der Waals surface area contributed by atoms with Crippen molar-refractivity contribution in [1.29, 1.82) is 0 Å². The minimum absolute atomic E-state index is 0.216. The number of carbonyl (C=O) groups excluding carboxylic acids is 1. The number of amides is 1. The highest BCUT2D eigenvalue weighted by molar-refractivity contribution is 5.93. The molecule has 0 aliphatic heterocycles. The Hall–Kier alpha value is -3.68. The van der Waals surface area contributed by atoms with Crippen LogP contribution in [-0.2, 0) is 17.6 Å². The Morgan fingerprint density at radius 1 is 1.12 bits per heavy atom. The van der Waals surface area contributed by atoms with Gasteiger partial charge in [-0.15, -0.1) is 0 Å². The van der Waals surface area contributed by atoms with Crippen LogP contribution in [-0.4, -0.2) is 21.9 Å². The van der Waals surface area contributed by atoms with Crippen molar-refractivity contribution in [3.8, 4) is 5.69 Å². The van der Waals surface area contributed by atoms with E-state index in [1.807, 2.05) is 19.1 Å². The molecule has 40 heavy (non-hydrogen) atoms. The average molecular weight is 550 g/mol. The molecule has 1 saturated carbocycles. The molecule has 3 aliphatic carbocycles. The Balaban J connectivity index is 1.33. The zero-order valence-electron chi connectivity index (χ0n) is 22.4. The molecule has 3 aliphatic rings. The maximum absolute atomic E-state index is 14.3. The van der Waals surface area contributed by atoms with Crippen molar-refractivity contribution in [2.24, 2.45) is 23.2 Å². The number of hydrogen-bond donors (Lipinski definition) is 1. The van der Waals surface area contributed by atoms with Crippen LogP contribution in [0.4, 0.5) is 23.2 Å². The molecule has 4 atom stereocenters. The number of aryl methyl sites for hydroxylation is 1. The minimum Gasteiger partial charge on any atom is -0.326 e. The van der Waals surface area contributed by atoms with E-state index in [9.17, 15) is 22.4 Å². The molecule has 8 heteroatoms. The van der Waals surface area contributed by atoms with Crippen molar-refractivity contribution in [2.45, 2.75) is 52.1 Å². The van der Waals surface area contributed by atoms with Crippen LogP contribution in [0.3, 0.4) is 0 Å². The van der Waals surface area contributed by atoms with Gasteiger partial charge in [-0.3, -0.25) is 4.79 Å². The van der Waals surface area contributed by atoms with Crippen molar-refractivity contribution >= 4 is 17.7 Å². The summed E-state index contributed by atoms with van der Waals surface area (Å²) in [5.74, 6) is -4.34. The zero-order valence-corrected chi connectivity index (χ0v) is 22.4. The standard InChI is InChI=1S/C32H31F4N3O/c1-3-19-4-9-23(10-5-19)38-30(40)29-25-13-6-21-16-28-20(18-37-39(28)24-11-7-22(33)8-12-24)17-31(21,2)26(25)14-15-27(29)32(34,35)36/h4-5,7-12,14,16,18,25,27,29H,3,6,13,15,17H2,1-2H3,(H,38,40)/t25?,27-,29-,31+/m1/s1. The molecule has 0 bridgehead atoms. The molecule has 1 unspecified atom stereocenters. The van der Waals surface area contributed by atoms with Gasteiger partial charge >= 0.3 is 6.18 Å². The van der Waals surface area contributed by atoms with E-state index in [4.69, 9.17) is 0 Å². The average Bonchev–Trinajstić information content (AvgIpc) is 3.33. The number of benzene rings is 2. The molecule has 4 nitrogen and oxygen atoms in total. The highest BCUT2D eigenvalue weighted by atomic mass is 19.4. The molecule has 1 fully saturated rings. The van der Waals surface area contributed by atoms with E-state index in [-0.39, 0.29) is 12.2 Å². The van der Waals surface area contributed by atoms with Gasteiger partial charge in [-0.2, -0.15) is 18.3 Å². The Labute approximate surface area is 230 Å². The third-order valence-electron chi connectivity index (χ3n) is 9.09. The lowest BCUT2D eigenvalue weighted by molar-refractivity contribution is -0.196. The lowest BCUT2D eigenvalue weighted by Gasteiger charge is -2.50. The maximum atomic E-state index is 14.3. The number of hydrogen-bond acceptors (Lipinski definition) is 2. The molecule has 1 heterocycles. The first kappa shape index (κ1) is 26.5. The van der Waals surface area contributed by atoms with Gasteiger partial charge in [0.25, 0.3) is 0 Å². The second kappa shape index (κ2) is 9.75. The molecular weight excluding hydrogens is 518 g/mol. The van der Waals surface area contributed by atoms with E-state index in [0.717, 1.165) is 40.1 Å². The van der Waals surface area contributed by atoms with Gasteiger partial charge in [0.1, 0.15) is 5.82 Å². The predicted octanol–water partition coefficient (Wildman–Crippen LogP) is 7.69. The lowest BCUT2D eigenvalue weighted by atomic mass is 9.54. The smallest absolute Gasteiger partial charge is 0.326 e. The van der Waals surface area contributed by atoms with E-state index in [1.54, 1.807) is 41.2 Å². The van der Waals surface area contributed by atoms with Gasteiger partial charge in [0, 0.05) is 11.1 Å². The number of nitrogens with zero attached hydrogens (tertiary/aromatic N) is 2. The second-order valence-electron chi connectivity index (χ2n) is 11.4. The fraction of sp³-hybridized carbons (Fsp3) is 0.375. The van der Waals surface area contributed by atoms with Crippen molar-refractivity contribution in [3.05, 3.63) is 94.6 Å². The van der Waals surface area contributed by atoms with E-state index in [2.05, 4.69) is 23.4 Å². The van der Waals surface area contributed by atoms with Crippen LogP contribution < -0.4 is 5.32 Å². The van der Waals surface area contributed by atoms with Crippen LogP contribution >= 0.6 is 0 Å². The van der Waals surface area contributed by atoms with E-state index >= 15 is 0 Å². The fourth-order valence-corrected chi connectivity index (χ4v) is 6.98. The number of alkyl halides is 3. The summed E-state index contributed by atoms with van der Waals surface area (Å²) in [6.45, 7) is 4.10. The number of anilines is 1. The Bertz CT molecular complexity index is 1500. The van der Waals surface area contributed by atoms with Crippen LogP contribution in [0.1, 0.15) is 49.9 Å². The first-order chi connectivity index (χ1) is 19.1. The van der Waals surface area contributed by atoms with Crippen LogP contribution in [0.25, 0.3) is 11.8 Å². The molecule has 208 valence electrons. The predicted molar refractivity (Wildman–Crippen MR) is 146 cm³/mol. The quantitative estimate of drug-likeness (QED) is 0.268. The Kier molecular flexibility index (Phi) is 6.47. The largest absolute Gasteiger partial charge is 0.392 e. The third-order valence-corrected chi connectivity index (χ3v) is 9.09. The van der Waals surface area contributed by atoms with E-state index in [1.165, 1.54) is 12.1 Å². The van der Waals surface area contributed by atoms with Crippen LogP contribution in [0.5, 0.6) is 0 Å². The molecule has 6 rings (SSSR count). The summed E-state index contributed by atoms with van der Waals surface area (Å²) < 4.78 is 58.2. The topological polar surface area (TPSA) is 46.9 Å². The van der Waals surface area contributed by atoms with Crippen LogP contribution in [0.2, 0.25) is 0 Å². The molecule has 1 amide bonds. The summed E-state index contributed by atoms with van der Waals surface area (Å²) >= 11 is 0. The summed E-state index contributed by atoms with van der Waals surface area (Å²) in [7, 11) is 0.